The summed E-state index contributed by atoms with van der Waals surface area (Å²) in [7, 11) is 3.58. The Bertz CT molecular complexity index is 872. The number of hydrogen-bond acceptors (Lipinski definition) is 8. The van der Waals surface area contributed by atoms with Crippen molar-refractivity contribution in [3.63, 3.8) is 0 Å². The molecule has 0 radical (unpaired) electrons. The molecule has 9 nitrogen and oxygen atoms in total. The van der Waals surface area contributed by atoms with E-state index < -0.39 is 0 Å². The van der Waals surface area contributed by atoms with E-state index in [-0.39, 0.29) is 30.8 Å². The third-order valence-corrected chi connectivity index (χ3v) is 5.88. The smallest absolute Gasteiger partial charge is 0.275 e. The van der Waals surface area contributed by atoms with Gasteiger partial charge >= 0.3 is 0 Å². The predicted molar refractivity (Wildman–Crippen MR) is 127 cm³/mol. The number of rotatable bonds is 9. The van der Waals surface area contributed by atoms with E-state index >= 15 is 0 Å². The molecule has 1 aliphatic rings. The molecule has 2 heterocycles. The summed E-state index contributed by atoms with van der Waals surface area (Å²) >= 11 is 1.43. The maximum atomic E-state index is 12.8. The first-order valence-electron chi connectivity index (χ1n) is 9.79. The number of methoxy groups -OCH3 is 1. The average Bonchev–Trinajstić information content (AvgIpc) is 3.23. The first-order valence-corrected chi connectivity index (χ1v) is 10.7. The zero-order chi connectivity index (χ0) is 21.5. The number of thiazole rings is 1. The molecule has 0 atom stereocenters. The van der Waals surface area contributed by atoms with E-state index in [0.717, 1.165) is 42.7 Å². The number of anilines is 3. The molecule has 2 amide bonds. The number of nitrogens with one attached hydrogen (secondary N) is 1. The lowest BCUT2D eigenvalue weighted by atomic mass is 10.2. The SMILES string of the molecule is COCCN(C)c1nc(C(=O)Nc2ccccc2N2CCN(CC(N)=O)CC2)cs1.Cl. The number of amides is 2. The summed E-state index contributed by atoms with van der Waals surface area (Å²) in [5, 5.41) is 5.53. The second kappa shape index (κ2) is 11.8. The minimum absolute atomic E-state index is 0. The van der Waals surface area contributed by atoms with Crippen LogP contribution in [0.1, 0.15) is 10.5 Å². The molecule has 1 aromatic heterocycles. The fourth-order valence-electron chi connectivity index (χ4n) is 3.28. The molecule has 3 N–H and O–H groups in total. The Kier molecular flexibility index (Phi) is 9.50. The molecule has 31 heavy (non-hydrogen) atoms. The molecule has 2 aromatic rings. The standard InChI is InChI=1S/C20H28N6O3S.ClH/c1-24(11-12-29-2)20-23-16(14-30-20)19(28)22-15-5-3-4-6-17(15)26-9-7-25(8-10-26)13-18(21)27;/h3-6,14H,7-13H2,1-2H3,(H2,21,27)(H,22,28);1H. The zero-order valence-corrected chi connectivity index (χ0v) is 19.4. The van der Waals surface area contributed by atoms with Crippen LogP contribution in [0.5, 0.6) is 0 Å². The van der Waals surface area contributed by atoms with Gasteiger partial charge in [-0.05, 0) is 12.1 Å². The average molecular weight is 469 g/mol. The maximum Gasteiger partial charge on any atom is 0.275 e. The van der Waals surface area contributed by atoms with Crippen molar-refractivity contribution >= 4 is 52.1 Å². The molecule has 0 aliphatic carbocycles. The molecule has 170 valence electrons. The Hall–Kier alpha value is -2.40. The Morgan fingerprint density at radius 1 is 1.26 bits per heavy atom. The van der Waals surface area contributed by atoms with Gasteiger partial charge in [0.2, 0.25) is 5.91 Å². The molecule has 0 bridgehead atoms. The number of likely N-dealkylation sites (N-methyl/N-ethyl adjacent to an activating group) is 1. The number of carbonyl (C=O) groups excluding carboxylic acids is 2. The highest BCUT2D eigenvalue weighted by Gasteiger charge is 2.21. The van der Waals surface area contributed by atoms with E-state index in [1.54, 1.807) is 12.5 Å². The zero-order valence-electron chi connectivity index (χ0n) is 17.7. The van der Waals surface area contributed by atoms with Crippen molar-refractivity contribution in [3.05, 3.63) is 35.3 Å². The number of nitrogens with two attached hydrogens (primary N) is 1. The van der Waals surface area contributed by atoms with Crippen LogP contribution in [-0.4, -0.2) is 81.7 Å². The number of para-hydroxylation sites is 2. The lowest BCUT2D eigenvalue weighted by Crippen LogP contribution is -2.49. The van der Waals surface area contributed by atoms with Crippen LogP contribution in [0, 0.1) is 0 Å². The number of halogens is 1. The molecule has 0 spiro atoms. The normalized spacial score (nSPS) is 14.1. The van der Waals surface area contributed by atoms with E-state index in [0.29, 0.717) is 18.8 Å². The fraction of sp³-hybridized carbons (Fsp3) is 0.450. The van der Waals surface area contributed by atoms with Gasteiger partial charge in [-0.15, -0.1) is 23.7 Å². The van der Waals surface area contributed by atoms with Gasteiger partial charge in [0.1, 0.15) is 5.69 Å². The minimum atomic E-state index is -0.313. The van der Waals surface area contributed by atoms with Gasteiger partial charge in [-0.1, -0.05) is 12.1 Å². The van der Waals surface area contributed by atoms with Crippen molar-refractivity contribution in [2.24, 2.45) is 5.73 Å². The van der Waals surface area contributed by atoms with Crippen LogP contribution in [-0.2, 0) is 9.53 Å². The highest BCUT2D eigenvalue weighted by molar-refractivity contribution is 7.13. The van der Waals surface area contributed by atoms with Crippen LogP contribution in [0.4, 0.5) is 16.5 Å². The molecule has 1 aromatic carbocycles. The van der Waals surface area contributed by atoms with Gasteiger partial charge in [0, 0.05) is 52.3 Å². The Balaban J connectivity index is 0.00000341. The van der Waals surface area contributed by atoms with Crippen LogP contribution >= 0.6 is 23.7 Å². The van der Waals surface area contributed by atoms with Crippen molar-refractivity contribution in [2.45, 2.75) is 0 Å². The summed E-state index contributed by atoms with van der Waals surface area (Å²) in [4.78, 5) is 34.6. The van der Waals surface area contributed by atoms with E-state index in [9.17, 15) is 9.59 Å². The van der Waals surface area contributed by atoms with E-state index in [1.807, 2.05) is 41.1 Å². The van der Waals surface area contributed by atoms with Crippen molar-refractivity contribution < 1.29 is 14.3 Å². The molecule has 0 unspecified atom stereocenters. The quantitative estimate of drug-likeness (QED) is 0.574. The highest BCUT2D eigenvalue weighted by atomic mass is 35.5. The molecular weight excluding hydrogens is 440 g/mol. The second-order valence-electron chi connectivity index (χ2n) is 7.13. The van der Waals surface area contributed by atoms with Crippen molar-refractivity contribution in [3.8, 4) is 0 Å². The second-order valence-corrected chi connectivity index (χ2v) is 7.97. The van der Waals surface area contributed by atoms with E-state index in [4.69, 9.17) is 10.5 Å². The topological polar surface area (TPSA) is 104 Å². The van der Waals surface area contributed by atoms with Gasteiger partial charge in [0.05, 0.1) is 24.5 Å². The molecule has 1 aliphatic heterocycles. The molecular formula is C20H29ClN6O3S. The van der Waals surface area contributed by atoms with Gasteiger partial charge in [-0.25, -0.2) is 4.98 Å². The first-order chi connectivity index (χ1) is 14.5. The summed E-state index contributed by atoms with van der Waals surface area (Å²) < 4.78 is 5.09. The monoisotopic (exact) mass is 468 g/mol. The van der Waals surface area contributed by atoms with Crippen LogP contribution < -0.4 is 20.9 Å². The largest absolute Gasteiger partial charge is 0.383 e. The lowest BCUT2D eigenvalue weighted by Gasteiger charge is -2.36. The van der Waals surface area contributed by atoms with Gasteiger partial charge in [-0.3, -0.25) is 14.5 Å². The van der Waals surface area contributed by atoms with Gasteiger partial charge in [0.15, 0.2) is 5.13 Å². The van der Waals surface area contributed by atoms with Gasteiger partial charge < -0.3 is 25.6 Å². The van der Waals surface area contributed by atoms with E-state index in [1.165, 1.54) is 11.3 Å². The van der Waals surface area contributed by atoms with Crippen molar-refractivity contribution in [1.82, 2.24) is 9.88 Å². The molecule has 1 saturated heterocycles. The summed E-state index contributed by atoms with van der Waals surface area (Å²) in [6, 6.07) is 7.73. The van der Waals surface area contributed by atoms with Crippen molar-refractivity contribution in [1.29, 1.82) is 0 Å². The Morgan fingerprint density at radius 2 is 1.97 bits per heavy atom. The van der Waals surface area contributed by atoms with E-state index in [2.05, 4.69) is 15.2 Å². The molecule has 0 saturated carbocycles. The van der Waals surface area contributed by atoms with Crippen LogP contribution in [0.2, 0.25) is 0 Å². The minimum Gasteiger partial charge on any atom is -0.383 e. The molecule has 11 heteroatoms. The summed E-state index contributed by atoms with van der Waals surface area (Å²) in [6.45, 7) is 4.57. The Morgan fingerprint density at radius 3 is 2.65 bits per heavy atom. The summed E-state index contributed by atoms with van der Waals surface area (Å²) in [5.74, 6) is -0.552. The number of benzene rings is 1. The number of hydrogen-bond donors (Lipinski definition) is 2. The maximum absolute atomic E-state index is 12.8. The van der Waals surface area contributed by atoms with Crippen molar-refractivity contribution in [2.75, 3.05) is 75.1 Å². The fourth-order valence-corrected chi connectivity index (χ4v) is 4.08. The summed E-state index contributed by atoms with van der Waals surface area (Å²) in [6.07, 6.45) is 0. The number of piperazine rings is 1. The van der Waals surface area contributed by atoms with Crippen LogP contribution in [0.25, 0.3) is 0 Å². The molecule has 1 fully saturated rings. The first kappa shape index (κ1) is 24.9. The number of primary amides is 1. The number of ether oxygens (including phenoxy) is 1. The Labute approximate surface area is 192 Å². The lowest BCUT2D eigenvalue weighted by molar-refractivity contribution is -0.119. The van der Waals surface area contributed by atoms with Crippen LogP contribution in [0.3, 0.4) is 0 Å². The number of nitrogens with zero attached hydrogens (tertiary/aromatic N) is 4. The van der Waals surface area contributed by atoms with Gasteiger partial charge in [-0.2, -0.15) is 0 Å². The third kappa shape index (κ3) is 6.79. The molecule has 3 rings (SSSR count). The third-order valence-electron chi connectivity index (χ3n) is 4.93. The van der Waals surface area contributed by atoms with Crippen LogP contribution in [0.15, 0.2) is 29.6 Å². The predicted octanol–water partition coefficient (Wildman–Crippen LogP) is 1.51. The van der Waals surface area contributed by atoms with Gasteiger partial charge in [0.25, 0.3) is 5.91 Å². The number of aromatic nitrogens is 1. The number of carbonyl (C=O) groups is 2. The summed E-state index contributed by atoms with van der Waals surface area (Å²) in [5.41, 5.74) is 7.38. The highest BCUT2D eigenvalue weighted by Crippen LogP contribution is 2.28.